The number of carbonyl (C=O) groups excluding carboxylic acids is 1. The molecule has 1 heterocycles. The molecular formula is C12H19NO3. The number of carbonyl (C=O) groups is 1. The first kappa shape index (κ1) is 12.8. The maximum atomic E-state index is 11.5. The van der Waals surface area contributed by atoms with E-state index in [2.05, 4.69) is 13.8 Å². The molecule has 1 unspecified atom stereocenters. The Morgan fingerprint density at radius 3 is 2.88 bits per heavy atom. The molecule has 0 spiro atoms. The van der Waals surface area contributed by atoms with Gasteiger partial charge in [0, 0.05) is 0 Å². The van der Waals surface area contributed by atoms with Crippen LogP contribution in [0.15, 0.2) is 16.5 Å². The van der Waals surface area contributed by atoms with Crippen LogP contribution in [-0.2, 0) is 11.3 Å². The molecule has 1 atom stereocenters. The van der Waals surface area contributed by atoms with Crippen LogP contribution >= 0.6 is 0 Å². The van der Waals surface area contributed by atoms with Crippen molar-refractivity contribution in [2.75, 3.05) is 6.61 Å². The molecule has 1 rings (SSSR count). The van der Waals surface area contributed by atoms with Crippen molar-refractivity contribution in [3.8, 4) is 0 Å². The van der Waals surface area contributed by atoms with Crippen LogP contribution in [0.3, 0.4) is 0 Å². The Morgan fingerprint density at radius 1 is 1.56 bits per heavy atom. The first-order valence-electron chi connectivity index (χ1n) is 5.63. The second-order valence-electron chi connectivity index (χ2n) is 3.96. The van der Waals surface area contributed by atoms with Crippen LogP contribution in [0.1, 0.15) is 43.0 Å². The van der Waals surface area contributed by atoms with E-state index in [1.54, 1.807) is 12.1 Å². The van der Waals surface area contributed by atoms with E-state index in [-0.39, 0.29) is 5.76 Å². The largest absolute Gasteiger partial charge is 0.460 e. The predicted octanol–water partition coefficient (Wildman–Crippen LogP) is 2.33. The van der Waals surface area contributed by atoms with Crippen molar-refractivity contribution in [3.63, 3.8) is 0 Å². The van der Waals surface area contributed by atoms with Gasteiger partial charge >= 0.3 is 5.97 Å². The molecule has 0 aromatic carbocycles. The van der Waals surface area contributed by atoms with E-state index in [4.69, 9.17) is 14.9 Å². The summed E-state index contributed by atoms with van der Waals surface area (Å²) >= 11 is 0. The monoisotopic (exact) mass is 225 g/mol. The lowest BCUT2D eigenvalue weighted by Gasteiger charge is -2.09. The van der Waals surface area contributed by atoms with Crippen LogP contribution in [0.5, 0.6) is 0 Å². The number of hydrogen-bond donors (Lipinski definition) is 1. The minimum absolute atomic E-state index is 0.226. The molecule has 0 radical (unpaired) electrons. The molecule has 1 aromatic rings. The summed E-state index contributed by atoms with van der Waals surface area (Å²) in [5, 5.41) is 0. The van der Waals surface area contributed by atoms with Crippen LogP contribution in [-0.4, -0.2) is 12.6 Å². The van der Waals surface area contributed by atoms with Gasteiger partial charge in [0.05, 0.1) is 13.2 Å². The maximum absolute atomic E-state index is 11.5. The molecule has 0 bridgehead atoms. The number of hydrogen-bond acceptors (Lipinski definition) is 4. The van der Waals surface area contributed by atoms with E-state index in [9.17, 15) is 4.79 Å². The molecule has 4 nitrogen and oxygen atoms in total. The lowest BCUT2D eigenvalue weighted by molar-refractivity contribution is 0.0406. The third kappa shape index (κ3) is 3.70. The molecule has 0 aliphatic heterocycles. The normalized spacial score (nSPS) is 12.4. The van der Waals surface area contributed by atoms with E-state index < -0.39 is 5.97 Å². The van der Waals surface area contributed by atoms with Gasteiger partial charge in [-0.15, -0.1) is 0 Å². The minimum Gasteiger partial charge on any atom is -0.460 e. The van der Waals surface area contributed by atoms with Crippen LogP contribution in [0.25, 0.3) is 0 Å². The Labute approximate surface area is 95.8 Å². The van der Waals surface area contributed by atoms with Gasteiger partial charge in [-0.3, -0.25) is 0 Å². The smallest absolute Gasteiger partial charge is 0.374 e. The second kappa shape index (κ2) is 6.33. The Bertz CT molecular complexity index is 333. The highest BCUT2D eigenvalue weighted by Crippen LogP contribution is 2.11. The molecule has 0 aliphatic rings. The van der Waals surface area contributed by atoms with Gasteiger partial charge in [0.1, 0.15) is 5.76 Å². The third-order valence-electron chi connectivity index (χ3n) is 2.34. The van der Waals surface area contributed by atoms with E-state index in [1.165, 1.54) is 0 Å². The van der Waals surface area contributed by atoms with E-state index in [0.29, 0.717) is 24.8 Å². The quantitative estimate of drug-likeness (QED) is 0.754. The number of ether oxygens (including phenoxy) is 1. The van der Waals surface area contributed by atoms with Crippen molar-refractivity contribution < 1.29 is 13.9 Å². The Hall–Kier alpha value is -1.29. The highest BCUT2D eigenvalue weighted by atomic mass is 16.5. The fourth-order valence-electron chi connectivity index (χ4n) is 1.46. The highest BCUT2D eigenvalue weighted by Gasteiger charge is 2.13. The van der Waals surface area contributed by atoms with E-state index in [1.807, 2.05) is 0 Å². The fourth-order valence-corrected chi connectivity index (χ4v) is 1.46. The lowest BCUT2D eigenvalue weighted by atomic mass is 10.1. The Morgan fingerprint density at radius 2 is 2.31 bits per heavy atom. The summed E-state index contributed by atoms with van der Waals surface area (Å²) in [5.74, 6) is 0.790. The molecule has 0 aliphatic carbocycles. The van der Waals surface area contributed by atoms with Gasteiger partial charge in [-0.25, -0.2) is 4.79 Å². The molecule has 0 fully saturated rings. The van der Waals surface area contributed by atoms with Crippen molar-refractivity contribution in [1.29, 1.82) is 0 Å². The van der Waals surface area contributed by atoms with Crippen molar-refractivity contribution in [2.24, 2.45) is 11.7 Å². The minimum atomic E-state index is -0.414. The molecule has 0 amide bonds. The summed E-state index contributed by atoms with van der Waals surface area (Å²) in [6.45, 7) is 4.90. The van der Waals surface area contributed by atoms with Gasteiger partial charge in [-0.05, 0) is 24.5 Å². The van der Waals surface area contributed by atoms with Gasteiger partial charge in [-0.2, -0.15) is 0 Å². The summed E-state index contributed by atoms with van der Waals surface area (Å²) in [6, 6.07) is 3.28. The van der Waals surface area contributed by atoms with Crippen LogP contribution in [0.2, 0.25) is 0 Å². The molecule has 90 valence electrons. The predicted molar refractivity (Wildman–Crippen MR) is 61.0 cm³/mol. The summed E-state index contributed by atoms with van der Waals surface area (Å²) < 4.78 is 10.3. The summed E-state index contributed by atoms with van der Waals surface area (Å²) in [7, 11) is 0. The average Bonchev–Trinajstić information content (AvgIpc) is 2.75. The molecule has 0 saturated carbocycles. The van der Waals surface area contributed by atoms with Crippen LogP contribution in [0.4, 0.5) is 0 Å². The average molecular weight is 225 g/mol. The number of esters is 1. The zero-order valence-electron chi connectivity index (χ0n) is 9.86. The van der Waals surface area contributed by atoms with Crippen molar-refractivity contribution >= 4 is 5.97 Å². The summed E-state index contributed by atoms with van der Waals surface area (Å²) in [5.41, 5.74) is 5.38. The number of rotatable bonds is 6. The van der Waals surface area contributed by atoms with Gasteiger partial charge in [0.15, 0.2) is 0 Å². The Kier molecular flexibility index (Phi) is 5.05. The zero-order valence-corrected chi connectivity index (χ0v) is 9.86. The van der Waals surface area contributed by atoms with Crippen LogP contribution in [0, 0.1) is 5.92 Å². The first-order valence-corrected chi connectivity index (χ1v) is 5.63. The first-order chi connectivity index (χ1) is 7.67. The molecule has 16 heavy (non-hydrogen) atoms. The molecular weight excluding hydrogens is 206 g/mol. The second-order valence-corrected chi connectivity index (χ2v) is 3.96. The topological polar surface area (TPSA) is 65.5 Å². The van der Waals surface area contributed by atoms with Gasteiger partial charge in [0.2, 0.25) is 5.76 Å². The third-order valence-corrected chi connectivity index (χ3v) is 2.34. The van der Waals surface area contributed by atoms with E-state index in [0.717, 1.165) is 12.8 Å². The number of furan rings is 1. The molecule has 2 N–H and O–H groups in total. The summed E-state index contributed by atoms with van der Waals surface area (Å²) in [6.07, 6.45) is 2.15. The molecule has 4 heteroatoms. The van der Waals surface area contributed by atoms with Crippen molar-refractivity contribution in [2.45, 2.75) is 33.2 Å². The SMILES string of the molecule is CCCC(C)COC(=O)c1ccc(CN)o1. The Balaban J connectivity index is 2.40. The number of nitrogens with two attached hydrogens (primary N) is 1. The van der Waals surface area contributed by atoms with Gasteiger partial charge in [0.25, 0.3) is 0 Å². The highest BCUT2D eigenvalue weighted by molar-refractivity contribution is 5.86. The van der Waals surface area contributed by atoms with E-state index >= 15 is 0 Å². The lowest BCUT2D eigenvalue weighted by Crippen LogP contribution is -2.11. The van der Waals surface area contributed by atoms with Crippen molar-refractivity contribution in [3.05, 3.63) is 23.7 Å². The van der Waals surface area contributed by atoms with Crippen LogP contribution < -0.4 is 5.73 Å². The zero-order chi connectivity index (χ0) is 12.0. The van der Waals surface area contributed by atoms with Gasteiger partial charge < -0.3 is 14.9 Å². The molecule has 0 saturated heterocycles. The molecule has 1 aromatic heterocycles. The summed E-state index contributed by atoms with van der Waals surface area (Å²) in [4.78, 5) is 11.5. The van der Waals surface area contributed by atoms with Gasteiger partial charge in [-0.1, -0.05) is 20.3 Å². The standard InChI is InChI=1S/C12H19NO3/c1-3-4-9(2)8-15-12(14)11-6-5-10(7-13)16-11/h5-6,9H,3-4,7-8,13H2,1-2H3. The maximum Gasteiger partial charge on any atom is 0.374 e. The fraction of sp³-hybridized carbons (Fsp3) is 0.583. The van der Waals surface area contributed by atoms with Crippen molar-refractivity contribution in [1.82, 2.24) is 0 Å².